The number of Topliss-reactive ketones (excluding diaryl/α,β-unsaturated/α-hetero) is 2. The highest BCUT2D eigenvalue weighted by Crippen LogP contribution is 2.42. The molecule has 1 saturated heterocycles. The van der Waals surface area contributed by atoms with Crippen molar-refractivity contribution < 1.29 is 14.4 Å². The lowest BCUT2D eigenvalue weighted by atomic mass is 9.83. The molecule has 2 atom stereocenters. The molecule has 1 aliphatic rings. The number of benzene rings is 2. The fraction of sp³-hybridized carbons (Fsp3) is 0.292. The maximum atomic E-state index is 13.4. The molecule has 1 aromatic heterocycles. The highest BCUT2D eigenvalue weighted by molar-refractivity contribution is 7.13. The predicted molar refractivity (Wildman–Crippen MR) is 119 cm³/mol. The van der Waals surface area contributed by atoms with Crippen LogP contribution in [-0.4, -0.2) is 27.7 Å². The van der Waals surface area contributed by atoms with Gasteiger partial charge in [0.25, 0.3) is 5.91 Å². The number of aryl methyl sites for hydroxylation is 1. The first-order valence-electron chi connectivity index (χ1n) is 10.0. The van der Waals surface area contributed by atoms with Gasteiger partial charge in [0.1, 0.15) is 11.4 Å². The summed E-state index contributed by atoms with van der Waals surface area (Å²) in [4.78, 5) is 40.8. The Kier molecular flexibility index (Phi) is 5.31. The van der Waals surface area contributed by atoms with Crippen LogP contribution in [0.3, 0.4) is 0 Å². The summed E-state index contributed by atoms with van der Waals surface area (Å²) in [7, 11) is 0. The molecule has 0 radical (unpaired) electrons. The number of nitrogens with zero attached hydrogens (tertiary/aromatic N) is 3. The highest BCUT2D eigenvalue weighted by atomic mass is 32.1. The van der Waals surface area contributed by atoms with Crippen LogP contribution < -0.4 is 4.90 Å². The molecule has 3 aromatic rings. The number of aromatic nitrogens is 2. The standard InChI is InChI=1S/C24H23N3O3S/c1-14-5-7-16(8-6-14)20(28)18-19(15-9-11-17(12-10-15)24(2,3)4)27(22(30)21(18)29)23-26-25-13-31-23/h5-13,18-19H,1-4H3. The van der Waals surface area contributed by atoms with E-state index in [0.717, 1.165) is 22.5 Å². The number of amides is 1. The predicted octanol–water partition coefficient (Wildman–Crippen LogP) is 4.30. The zero-order valence-electron chi connectivity index (χ0n) is 17.8. The Labute approximate surface area is 184 Å². The second-order valence-electron chi connectivity index (χ2n) is 8.79. The summed E-state index contributed by atoms with van der Waals surface area (Å²) >= 11 is 1.16. The van der Waals surface area contributed by atoms with Crippen molar-refractivity contribution in [3.63, 3.8) is 0 Å². The van der Waals surface area contributed by atoms with Gasteiger partial charge in [-0.25, -0.2) is 0 Å². The lowest BCUT2D eigenvalue weighted by Gasteiger charge is -2.26. The van der Waals surface area contributed by atoms with E-state index in [1.807, 2.05) is 43.3 Å². The smallest absolute Gasteiger partial charge is 0.293 e. The van der Waals surface area contributed by atoms with Crippen LogP contribution in [0, 0.1) is 12.8 Å². The average molecular weight is 434 g/mol. The molecule has 0 aliphatic carbocycles. The third kappa shape index (κ3) is 3.81. The van der Waals surface area contributed by atoms with Crippen molar-refractivity contribution in [3.8, 4) is 0 Å². The van der Waals surface area contributed by atoms with Crippen LogP contribution in [0.5, 0.6) is 0 Å². The van der Waals surface area contributed by atoms with Gasteiger partial charge in [-0.15, -0.1) is 10.2 Å². The van der Waals surface area contributed by atoms with Gasteiger partial charge in [-0.3, -0.25) is 19.3 Å². The minimum atomic E-state index is -1.14. The molecule has 2 aromatic carbocycles. The van der Waals surface area contributed by atoms with E-state index in [2.05, 4.69) is 31.0 Å². The minimum absolute atomic E-state index is 0.0458. The first-order valence-corrected chi connectivity index (χ1v) is 10.9. The van der Waals surface area contributed by atoms with Crippen LogP contribution in [0.15, 0.2) is 54.0 Å². The highest BCUT2D eigenvalue weighted by Gasteiger charge is 2.53. The van der Waals surface area contributed by atoms with Crippen molar-refractivity contribution in [3.05, 3.63) is 76.3 Å². The van der Waals surface area contributed by atoms with Crippen molar-refractivity contribution in [2.45, 2.75) is 39.2 Å². The normalized spacial score (nSPS) is 19.2. The van der Waals surface area contributed by atoms with Crippen molar-refractivity contribution in [1.82, 2.24) is 10.2 Å². The van der Waals surface area contributed by atoms with E-state index in [0.29, 0.717) is 16.3 Å². The Bertz CT molecular complexity index is 1130. The second kappa shape index (κ2) is 7.81. The molecule has 7 heteroatoms. The van der Waals surface area contributed by atoms with Gasteiger partial charge in [0.05, 0.1) is 6.04 Å². The monoisotopic (exact) mass is 433 g/mol. The summed E-state index contributed by atoms with van der Waals surface area (Å²) in [6, 6.07) is 14.0. The van der Waals surface area contributed by atoms with Crippen LogP contribution >= 0.6 is 11.3 Å². The molecule has 2 heterocycles. The van der Waals surface area contributed by atoms with Gasteiger partial charge in [0.15, 0.2) is 5.78 Å². The Morgan fingerprint density at radius 2 is 1.65 bits per heavy atom. The molecule has 4 rings (SSSR count). The molecule has 2 unspecified atom stereocenters. The fourth-order valence-corrected chi connectivity index (χ4v) is 4.42. The van der Waals surface area contributed by atoms with Crippen molar-refractivity contribution in [2.75, 3.05) is 4.90 Å². The number of carbonyl (C=O) groups excluding carboxylic acids is 3. The zero-order chi connectivity index (χ0) is 22.3. The summed E-state index contributed by atoms with van der Waals surface area (Å²) in [6.07, 6.45) is 0. The quantitative estimate of drug-likeness (QED) is 0.348. The number of hydrogen-bond acceptors (Lipinski definition) is 6. The molecule has 1 fully saturated rings. The van der Waals surface area contributed by atoms with Crippen LogP contribution in [0.1, 0.15) is 53.9 Å². The van der Waals surface area contributed by atoms with Crippen LogP contribution in [-0.2, 0) is 15.0 Å². The molecular weight excluding hydrogens is 410 g/mol. The largest absolute Gasteiger partial charge is 0.297 e. The van der Waals surface area contributed by atoms with E-state index in [4.69, 9.17) is 0 Å². The molecule has 0 spiro atoms. The molecule has 6 nitrogen and oxygen atoms in total. The maximum Gasteiger partial charge on any atom is 0.297 e. The van der Waals surface area contributed by atoms with E-state index >= 15 is 0 Å². The van der Waals surface area contributed by atoms with Gasteiger partial charge in [0, 0.05) is 5.56 Å². The van der Waals surface area contributed by atoms with Crippen LogP contribution in [0.25, 0.3) is 0 Å². The second-order valence-corrected chi connectivity index (χ2v) is 9.60. The molecule has 31 heavy (non-hydrogen) atoms. The minimum Gasteiger partial charge on any atom is -0.293 e. The van der Waals surface area contributed by atoms with Gasteiger partial charge in [0.2, 0.25) is 10.9 Å². The van der Waals surface area contributed by atoms with Gasteiger partial charge < -0.3 is 0 Å². The molecular formula is C24H23N3O3S. The molecule has 158 valence electrons. The third-order valence-corrected chi connectivity index (χ3v) is 6.29. The van der Waals surface area contributed by atoms with E-state index in [1.165, 1.54) is 10.4 Å². The summed E-state index contributed by atoms with van der Waals surface area (Å²) in [5.41, 5.74) is 4.71. The van der Waals surface area contributed by atoms with Crippen molar-refractivity contribution in [2.24, 2.45) is 5.92 Å². The summed E-state index contributed by atoms with van der Waals surface area (Å²) in [5.74, 6) is -2.95. The summed E-state index contributed by atoms with van der Waals surface area (Å²) in [6.45, 7) is 8.26. The Morgan fingerprint density at radius 3 is 2.19 bits per heavy atom. The van der Waals surface area contributed by atoms with E-state index in [9.17, 15) is 14.4 Å². The number of carbonyl (C=O) groups is 3. The lowest BCUT2D eigenvalue weighted by molar-refractivity contribution is -0.135. The van der Waals surface area contributed by atoms with E-state index in [-0.39, 0.29) is 11.2 Å². The Hall–Kier alpha value is -3.19. The Balaban J connectivity index is 1.82. The van der Waals surface area contributed by atoms with Gasteiger partial charge in [-0.1, -0.05) is 86.2 Å². The van der Waals surface area contributed by atoms with E-state index < -0.39 is 23.7 Å². The van der Waals surface area contributed by atoms with Crippen LogP contribution in [0.4, 0.5) is 5.13 Å². The average Bonchev–Trinajstić information content (AvgIpc) is 3.34. The SMILES string of the molecule is Cc1ccc(C(=O)C2C(=O)C(=O)N(c3nncs3)C2c2ccc(C(C)(C)C)cc2)cc1. The van der Waals surface area contributed by atoms with Crippen molar-refractivity contribution >= 4 is 33.9 Å². The molecule has 0 bridgehead atoms. The van der Waals surface area contributed by atoms with Crippen LogP contribution in [0.2, 0.25) is 0 Å². The topological polar surface area (TPSA) is 80.2 Å². The zero-order valence-corrected chi connectivity index (χ0v) is 18.6. The lowest BCUT2D eigenvalue weighted by Crippen LogP contribution is -2.30. The van der Waals surface area contributed by atoms with E-state index in [1.54, 1.807) is 12.1 Å². The summed E-state index contributed by atoms with van der Waals surface area (Å²) in [5, 5.41) is 8.13. The maximum absolute atomic E-state index is 13.4. The number of rotatable bonds is 4. The molecule has 1 aliphatic heterocycles. The first kappa shape index (κ1) is 21.1. The third-order valence-electron chi connectivity index (χ3n) is 5.60. The first-order chi connectivity index (χ1) is 14.7. The van der Waals surface area contributed by atoms with Gasteiger partial charge >= 0.3 is 0 Å². The number of ketones is 2. The van der Waals surface area contributed by atoms with Crippen molar-refractivity contribution in [1.29, 1.82) is 0 Å². The summed E-state index contributed by atoms with van der Waals surface area (Å²) < 4.78 is 0. The Morgan fingerprint density at radius 1 is 1.00 bits per heavy atom. The van der Waals surface area contributed by atoms with Gasteiger partial charge in [-0.2, -0.15) is 0 Å². The number of anilines is 1. The molecule has 0 saturated carbocycles. The number of hydrogen-bond donors (Lipinski definition) is 0. The molecule has 0 N–H and O–H groups in total. The fourth-order valence-electron chi connectivity index (χ4n) is 3.83. The van der Waals surface area contributed by atoms with Gasteiger partial charge in [-0.05, 0) is 23.5 Å². The molecule has 1 amide bonds.